The van der Waals surface area contributed by atoms with Crippen LogP contribution < -0.4 is 0 Å². The van der Waals surface area contributed by atoms with Crippen LogP contribution in [0.1, 0.15) is 27.2 Å². The molecule has 0 aromatic carbocycles. The molecule has 3 atom stereocenters. The van der Waals surface area contributed by atoms with Gasteiger partial charge in [0.25, 0.3) is 0 Å². The van der Waals surface area contributed by atoms with Gasteiger partial charge in [-0.25, -0.2) is 0 Å². The van der Waals surface area contributed by atoms with E-state index in [1.807, 2.05) is 0 Å². The standard InChI is InChI=1S/C10H16N2O2/c1-5(11-13)8-7(12-14)4-6-9(8)10(6,2)3/h6,8-9,13-14H,4H2,1-3H3/b11-5-,12-7-. The lowest BCUT2D eigenvalue weighted by atomic mass is 9.88. The predicted molar refractivity (Wildman–Crippen MR) is 53.0 cm³/mol. The first-order valence-corrected chi connectivity index (χ1v) is 4.93. The highest BCUT2D eigenvalue weighted by atomic mass is 16.4. The molecule has 0 radical (unpaired) electrons. The van der Waals surface area contributed by atoms with Crippen molar-refractivity contribution in [2.24, 2.45) is 33.5 Å². The lowest BCUT2D eigenvalue weighted by molar-refractivity contribution is 0.308. The molecule has 0 aromatic rings. The summed E-state index contributed by atoms with van der Waals surface area (Å²) in [7, 11) is 0. The first-order chi connectivity index (χ1) is 6.54. The molecule has 2 N–H and O–H groups in total. The summed E-state index contributed by atoms with van der Waals surface area (Å²) in [6.07, 6.45) is 0.839. The van der Waals surface area contributed by atoms with Crippen molar-refractivity contribution in [2.45, 2.75) is 27.2 Å². The van der Waals surface area contributed by atoms with Gasteiger partial charge in [0.2, 0.25) is 0 Å². The van der Waals surface area contributed by atoms with Gasteiger partial charge in [0.1, 0.15) is 0 Å². The summed E-state index contributed by atoms with van der Waals surface area (Å²) in [6, 6.07) is 0. The van der Waals surface area contributed by atoms with E-state index in [1.165, 1.54) is 0 Å². The van der Waals surface area contributed by atoms with Gasteiger partial charge in [-0.1, -0.05) is 24.2 Å². The van der Waals surface area contributed by atoms with Gasteiger partial charge in [-0.05, 0) is 30.6 Å². The molecule has 0 amide bonds. The van der Waals surface area contributed by atoms with Gasteiger partial charge in [0.15, 0.2) is 0 Å². The number of nitrogens with zero attached hydrogens (tertiary/aromatic N) is 2. The van der Waals surface area contributed by atoms with Crippen molar-refractivity contribution in [3.63, 3.8) is 0 Å². The molecule has 0 heterocycles. The zero-order valence-electron chi connectivity index (χ0n) is 8.73. The number of fused-ring (bicyclic) bond motifs is 1. The molecule has 4 heteroatoms. The van der Waals surface area contributed by atoms with Gasteiger partial charge in [-0.2, -0.15) is 0 Å². The summed E-state index contributed by atoms with van der Waals surface area (Å²) in [4.78, 5) is 0. The fourth-order valence-corrected chi connectivity index (χ4v) is 3.06. The summed E-state index contributed by atoms with van der Waals surface area (Å²) >= 11 is 0. The first kappa shape index (κ1) is 9.49. The fourth-order valence-electron chi connectivity index (χ4n) is 3.06. The maximum atomic E-state index is 8.84. The smallest absolute Gasteiger partial charge is 0.0665 e. The molecule has 3 unspecified atom stereocenters. The highest BCUT2D eigenvalue weighted by Crippen LogP contribution is 2.68. The van der Waals surface area contributed by atoms with Crippen LogP contribution in [0.5, 0.6) is 0 Å². The number of hydrogen-bond acceptors (Lipinski definition) is 4. The molecule has 4 nitrogen and oxygen atoms in total. The Balaban J connectivity index is 2.28. The van der Waals surface area contributed by atoms with Crippen LogP contribution in [0.3, 0.4) is 0 Å². The number of rotatable bonds is 1. The van der Waals surface area contributed by atoms with Crippen molar-refractivity contribution in [1.29, 1.82) is 0 Å². The van der Waals surface area contributed by atoms with Crippen LogP contribution in [0.25, 0.3) is 0 Å². The summed E-state index contributed by atoms with van der Waals surface area (Å²) in [5, 5.41) is 24.2. The monoisotopic (exact) mass is 196 g/mol. The second-order valence-corrected chi connectivity index (χ2v) is 4.97. The van der Waals surface area contributed by atoms with Crippen LogP contribution in [0, 0.1) is 23.2 Å². The molecular formula is C10H16N2O2. The van der Waals surface area contributed by atoms with Crippen LogP contribution in [0.2, 0.25) is 0 Å². The lowest BCUT2D eigenvalue weighted by Gasteiger charge is -2.17. The number of oxime groups is 2. The molecule has 14 heavy (non-hydrogen) atoms. The van der Waals surface area contributed by atoms with Crippen LogP contribution in [-0.4, -0.2) is 21.8 Å². The quantitative estimate of drug-likeness (QED) is 0.382. The lowest BCUT2D eigenvalue weighted by Crippen LogP contribution is -2.24. The van der Waals surface area contributed by atoms with Crippen LogP contribution >= 0.6 is 0 Å². The molecule has 2 aliphatic carbocycles. The molecule has 2 aliphatic rings. The third kappa shape index (κ3) is 0.996. The third-order valence-corrected chi connectivity index (χ3v) is 4.02. The topological polar surface area (TPSA) is 65.2 Å². The SMILES string of the molecule is C/C(=N/O)C1/C(=N\O)CC2C1C2(C)C. The van der Waals surface area contributed by atoms with Gasteiger partial charge < -0.3 is 10.4 Å². The Kier molecular flexibility index (Phi) is 1.84. The molecule has 78 valence electrons. The van der Waals surface area contributed by atoms with E-state index in [0.717, 1.165) is 12.1 Å². The van der Waals surface area contributed by atoms with E-state index < -0.39 is 0 Å². The fraction of sp³-hybridized carbons (Fsp3) is 0.800. The van der Waals surface area contributed by atoms with Crippen LogP contribution in [-0.2, 0) is 0 Å². The van der Waals surface area contributed by atoms with E-state index in [2.05, 4.69) is 24.2 Å². The highest BCUT2D eigenvalue weighted by Gasteiger charge is 2.67. The molecule has 0 spiro atoms. The Morgan fingerprint density at radius 3 is 2.57 bits per heavy atom. The van der Waals surface area contributed by atoms with Crippen molar-refractivity contribution in [3.8, 4) is 0 Å². The van der Waals surface area contributed by atoms with Gasteiger partial charge in [-0.15, -0.1) is 0 Å². The van der Waals surface area contributed by atoms with E-state index >= 15 is 0 Å². The average molecular weight is 196 g/mol. The first-order valence-electron chi connectivity index (χ1n) is 4.93. The van der Waals surface area contributed by atoms with Crippen LogP contribution in [0.15, 0.2) is 10.3 Å². The molecule has 0 bridgehead atoms. The van der Waals surface area contributed by atoms with Crippen molar-refractivity contribution in [3.05, 3.63) is 0 Å². The second-order valence-electron chi connectivity index (χ2n) is 4.97. The predicted octanol–water partition coefficient (Wildman–Crippen LogP) is 1.96. The summed E-state index contributed by atoms with van der Waals surface area (Å²) in [6.45, 7) is 6.22. The summed E-state index contributed by atoms with van der Waals surface area (Å²) < 4.78 is 0. The van der Waals surface area contributed by atoms with E-state index in [1.54, 1.807) is 6.92 Å². The van der Waals surface area contributed by atoms with Crippen molar-refractivity contribution < 1.29 is 10.4 Å². The van der Waals surface area contributed by atoms with Crippen molar-refractivity contribution >= 4 is 11.4 Å². The Bertz CT molecular complexity index is 320. The average Bonchev–Trinajstić information content (AvgIpc) is 2.57. The largest absolute Gasteiger partial charge is 0.411 e. The molecule has 2 rings (SSSR count). The van der Waals surface area contributed by atoms with Crippen molar-refractivity contribution in [1.82, 2.24) is 0 Å². The highest BCUT2D eigenvalue weighted by molar-refractivity contribution is 6.09. The maximum Gasteiger partial charge on any atom is 0.0665 e. The molecular weight excluding hydrogens is 180 g/mol. The molecule has 2 fully saturated rings. The Morgan fingerprint density at radius 2 is 2.07 bits per heavy atom. The van der Waals surface area contributed by atoms with E-state index in [4.69, 9.17) is 10.4 Å². The molecule has 0 aromatic heterocycles. The maximum absolute atomic E-state index is 8.84. The Hall–Kier alpha value is -1.06. The summed E-state index contributed by atoms with van der Waals surface area (Å²) in [5.74, 6) is 1.13. The van der Waals surface area contributed by atoms with Gasteiger partial charge >= 0.3 is 0 Å². The van der Waals surface area contributed by atoms with E-state index in [-0.39, 0.29) is 5.92 Å². The normalized spacial score (nSPS) is 42.6. The van der Waals surface area contributed by atoms with Gasteiger partial charge in [-0.3, -0.25) is 0 Å². The summed E-state index contributed by atoms with van der Waals surface area (Å²) in [5.41, 5.74) is 1.75. The third-order valence-electron chi connectivity index (χ3n) is 4.02. The van der Waals surface area contributed by atoms with Gasteiger partial charge in [0.05, 0.1) is 11.4 Å². The number of hydrogen-bond donors (Lipinski definition) is 2. The van der Waals surface area contributed by atoms with E-state index in [9.17, 15) is 0 Å². The van der Waals surface area contributed by atoms with Crippen molar-refractivity contribution in [2.75, 3.05) is 0 Å². The molecule has 2 saturated carbocycles. The minimum atomic E-state index is 0.0463. The zero-order valence-corrected chi connectivity index (χ0v) is 8.73. The Labute approximate surface area is 83.3 Å². The minimum absolute atomic E-state index is 0.0463. The Morgan fingerprint density at radius 1 is 1.43 bits per heavy atom. The zero-order chi connectivity index (χ0) is 10.5. The molecule has 0 saturated heterocycles. The van der Waals surface area contributed by atoms with Gasteiger partial charge in [0, 0.05) is 5.92 Å². The second kappa shape index (κ2) is 2.72. The minimum Gasteiger partial charge on any atom is -0.411 e. The van der Waals surface area contributed by atoms with Crippen LogP contribution in [0.4, 0.5) is 0 Å². The molecule has 0 aliphatic heterocycles. The van der Waals surface area contributed by atoms with E-state index in [0.29, 0.717) is 23.0 Å².